The first kappa shape index (κ1) is 18.8. The summed E-state index contributed by atoms with van der Waals surface area (Å²) in [5, 5.41) is 0.0357. The molecule has 0 saturated heterocycles. The Morgan fingerprint density at radius 3 is 2.46 bits per heavy atom. The number of rotatable bonds is 6. The number of carbonyl (C=O) groups is 1. The highest BCUT2D eigenvalue weighted by Gasteiger charge is 2.19. The van der Waals surface area contributed by atoms with Crippen LogP contribution in [-0.4, -0.2) is 27.7 Å². The van der Waals surface area contributed by atoms with E-state index in [1.54, 1.807) is 11.8 Å². The van der Waals surface area contributed by atoms with Crippen molar-refractivity contribution in [3.63, 3.8) is 0 Å². The quantitative estimate of drug-likeness (QED) is 0.610. The number of hydrogen-bond acceptors (Lipinski definition) is 5. The lowest BCUT2D eigenvalue weighted by Gasteiger charge is -2.09. The van der Waals surface area contributed by atoms with Crippen LogP contribution in [0.1, 0.15) is 15.9 Å². The van der Waals surface area contributed by atoms with Gasteiger partial charge in [-0.2, -0.15) is 0 Å². The number of esters is 1. The molecule has 8 heteroatoms. The third-order valence-electron chi connectivity index (χ3n) is 3.25. The largest absolute Gasteiger partial charge is 0.457 e. The maximum Gasteiger partial charge on any atom is 0.338 e. The van der Waals surface area contributed by atoms with Crippen molar-refractivity contribution >= 4 is 39.4 Å². The average molecular weight is 386 g/mol. The summed E-state index contributed by atoms with van der Waals surface area (Å²) < 4.78 is 31.2. The summed E-state index contributed by atoms with van der Waals surface area (Å²) in [4.78, 5) is 13.1. The number of nitrogens with one attached hydrogen (secondary N) is 1. The number of benzene rings is 2. The van der Waals surface area contributed by atoms with Crippen LogP contribution < -0.4 is 4.72 Å². The Labute approximate surface area is 150 Å². The first-order valence-corrected chi connectivity index (χ1v) is 9.99. The number of halogens is 1. The highest BCUT2D eigenvalue weighted by atomic mass is 35.5. The number of sulfonamides is 1. The lowest BCUT2D eigenvalue weighted by Crippen LogP contribution is -2.19. The van der Waals surface area contributed by atoms with Crippen molar-refractivity contribution in [1.82, 2.24) is 4.72 Å². The van der Waals surface area contributed by atoms with E-state index < -0.39 is 16.0 Å². The molecule has 5 nitrogen and oxygen atoms in total. The fourth-order valence-corrected chi connectivity index (χ4v) is 3.56. The van der Waals surface area contributed by atoms with Gasteiger partial charge < -0.3 is 4.74 Å². The molecule has 128 valence electrons. The van der Waals surface area contributed by atoms with Gasteiger partial charge >= 0.3 is 5.97 Å². The SMILES string of the molecule is CNS(=O)(=O)c1cc(C(=O)OCc2ccc(SC)cc2)ccc1Cl. The highest BCUT2D eigenvalue weighted by molar-refractivity contribution is 7.98. The zero-order chi connectivity index (χ0) is 17.7. The molecule has 0 aromatic heterocycles. The molecule has 0 unspecified atom stereocenters. The van der Waals surface area contributed by atoms with Crippen LogP contribution in [0.25, 0.3) is 0 Å². The summed E-state index contributed by atoms with van der Waals surface area (Å²) in [6.45, 7) is 0.101. The number of hydrogen-bond donors (Lipinski definition) is 1. The van der Waals surface area contributed by atoms with Gasteiger partial charge in [-0.1, -0.05) is 23.7 Å². The lowest BCUT2D eigenvalue weighted by atomic mass is 10.2. The summed E-state index contributed by atoms with van der Waals surface area (Å²) in [5.41, 5.74) is 0.965. The van der Waals surface area contributed by atoms with Crippen molar-refractivity contribution in [2.45, 2.75) is 16.4 Å². The molecule has 0 aliphatic rings. The van der Waals surface area contributed by atoms with Gasteiger partial charge in [-0.05, 0) is 49.2 Å². The van der Waals surface area contributed by atoms with Gasteiger partial charge in [0.2, 0.25) is 10.0 Å². The first-order chi connectivity index (χ1) is 11.4. The molecule has 0 heterocycles. The van der Waals surface area contributed by atoms with Crippen LogP contribution in [0, 0.1) is 0 Å². The fraction of sp³-hybridized carbons (Fsp3) is 0.188. The summed E-state index contributed by atoms with van der Waals surface area (Å²) in [5.74, 6) is -0.617. The third kappa shape index (κ3) is 4.51. The lowest BCUT2D eigenvalue weighted by molar-refractivity contribution is 0.0472. The smallest absolute Gasteiger partial charge is 0.338 e. The number of carbonyl (C=O) groups excluding carboxylic acids is 1. The molecule has 0 spiro atoms. The summed E-state index contributed by atoms with van der Waals surface area (Å²) in [6, 6.07) is 11.6. The van der Waals surface area contributed by atoms with Crippen molar-refractivity contribution < 1.29 is 17.9 Å². The van der Waals surface area contributed by atoms with Gasteiger partial charge in [0.15, 0.2) is 0 Å². The molecule has 2 aromatic rings. The van der Waals surface area contributed by atoms with E-state index in [1.165, 1.54) is 25.2 Å². The van der Waals surface area contributed by atoms with E-state index in [0.717, 1.165) is 10.5 Å². The van der Waals surface area contributed by atoms with Gasteiger partial charge in [0.1, 0.15) is 11.5 Å². The van der Waals surface area contributed by atoms with Crippen LogP contribution in [0.3, 0.4) is 0 Å². The van der Waals surface area contributed by atoms with E-state index in [1.807, 2.05) is 30.5 Å². The molecule has 1 N–H and O–H groups in total. The highest BCUT2D eigenvalue weighted by Crippen LogP contribution is 2.23. The molecule has 24 heavy (non-hydrogen) atoms. The molecule has 2 rings (SSSR count). The average Bonchev–Trinajstić information content (AvgIpc) is 2.60. The minimum absolute atomic E-state index is 0.0357. The Bertz CT molecular complexity index is 836. The van der Waals surface area contributed by atoms with Crippen molar-refractivity contribution in [2.24, 2.45) is 0 Å². The minimum Gasteiger partial charge on any atom is -0.457 e. The Hall–Kier alpha value is -1.54. The van der Waals surface area contributed by atoms with Gasteiger partial charge in [0.25, 0.3) is 0 Å². The molecule has 0 fully saturated rings. The van der Waals surface area contributed by atoms with E-state index >= 15 is 0 Å². The van der Waals surface area contributed by atoms with Gasteiger partial charge in [-0.15, -0.1) is 11.8 Å². The Morgan fingerprint density at radius 1 is 1.21 bits per heavy atom. The molecule has 0 aliphatic carbocycles. The third-order valence-corrected chi connectivity index (χ3v) is 5.89. The van der Waals surface area contributed by atoms with Crippen LogP contribution >= 0.6 is 23.4 Å². The Balaban J connectivity index is 2.13. The fourth-order valence-electron chi connectivity index (χ4n) is 1.90. The second-order valence-corrected chi connectivity index (χ2v) is 7.92. The molecule has 0 bridgehead atoms. The minimum atomic E-state index is -3.75. The van der Waals surface area contributed by atoms with Gasteiger partial charge in [-0.3, -0.25) is 0 Å². The first-order valence-electron chi connectivity index (χ1n) is 6.90. The van der Waals surface area contributed by atoms with Crippen molar-refractivity contribution in [2.75, 3.05) is 13.3 Å². The number of ether oxygens (including phenoxy) is 1. The van der Waals surface area contributed by atoms with Crippen LogP contribution in [0.5, 0.6) is 0 Å². The van der Waals surface area contributed by atoms with Crippen molar-refractivity contribution in [1.29, 1.82) is 0 Å². The van der Waals surface area contributed by atoms with E-state index in [2.05, 4.69) is 4.72 Å². The normalized spacial score (nSPS) is 11.3. The second-order valence-electron chi connectivity index (χ2n) is 4.78. The summed E-state index contributed by atoms with van der Waals surface area (Å²) in [6.07, 6.45) is 1.98. The van der Waals surface area contributed by atoms with E-state index in [9.17, 15) is 13.2 Å². The van der Waals surface area contributed by atoms with E-state index in [4.69, 9.17) is 16.3 Å². The molecular weight excluding hydrogens is 370 g/mol. The zero-order valence-electron chi connectivity index (χ0n) is 13.1. The molecule has 0 aliphatic heterocycles. The Morgan fingerprint density at radius 2 is 1.88 bits per heavy atom. The summed E-state index contributed by atoms with van der Waals surface area (Å²) >= 11 is 7.52. The van der Waals surface area contributed by atoms with Crippen LogP contribution in [0.2, 0.25) is 5.02 Å². The monoisotopic (exact) mass is 385 g/mol. The van der Waals surface area contributed by atoms with Gasteiger partial charge in [-0.25, -0.2) is 17.9 Å². The maximum absolute atomic E-state index is 12.1. The standard InChI is InChI=1S/C16H16ClNO4S2/c1-18-24(20,21)15-9-12(5-8-14(15)17)16(19)22-10-11-3-6-13(23-2)7-4-11/h3-9,18H,10H2,1-2H3. The van der Waals surface area contributed by atoms with Crippen molar-refractivity contribution in [3.8, 4) is 0 Å². The maximum atomic E-state index is 12.1. The topological polar surface area (TPSA) is 72.5 Å². The molecule has 0 radical (unpaired) electrons. The molecule has 0 amide bonds. The predicted octanol–water partition coefficient (Wildman–Crippen LogP) is 3.33. The van der Waals surface area contributed by atoms with Crippen LogP contribution in [0.4, 0.5) is 0 Å². The molecule has 0 saturated carbocycles. The molecule has 2 aromatic carbocycles. The Kier molecular flexibility index (Phi) is 6.28. The molecule has 0 atom stereocenters. The van der Waals surface area contributed by atoms with E-state index in [0.29, 0.717) is 0 Å². The number of thioether (sulfide) groups is 1. The van der Waals surface area contributed by atoms with E-state index in [-0.39, 0.29) is 22.1 Å². The van der Waals surface area contributed by atoms with Gasteiger partial charge in [0, 0.05) is 4.90 Å². The molecular formula is C16H16ClNO4S2. The predicted molar refractivity (Wildman–Crippen MR) is 95.0 cm³/mol. The van der Waals surface area contributed by atoms with Crippen LogP contribution in [-0.2, 0) is 21.4 Å². The van der Waals surface area contributed by atoms with Gasteiger partial charge in [0.05, 0.1) is 10.6 Å². The second kappa shape index (κ2) is 8.02. The summed E-state index contributed by atoms with van der Waals surface area (Å²) in [7, 11) is -2.48. The zero-order valence-corrected chi connectivity index (χ0v) is 15.5. The van der Waals surface area contributed by atoms with Crippen molar-refractivity contribution in [3.05, 3.63) is 58.6 Å². The van der Waals surface area contributed by atoms with Crippen LogP contribution in [0.15, 0.2) is 52.3 Å².